The third kappa shape index (κ3) is 6.73. The van der Waals surface area contributed by atoms with Crippen molar-refractivity contribution in [1.82, 2.24) is 15.1 Å². The Bertz CT molecular complexity index is 827. The van der Waals surface area contributed by atoms with Crippen molar-refractivity contribution in [3.05, 3.63) is 29.8 Å². The molecule has 0 fully saturated rings. The fraction of sp³-hybridized carbons (Fsp3) is 0.600. The minimum Gasteiger partial charge on any atom is -0.357 e. The summed E-state index contributed by atoms with van der Waals surface area (Å²) < 4.78 is 27.1. The number of likely N-dealkylation sites (N-methyl/N-ethyl adjacent to an activating group) is 2. The van der Waals surface area contributed by atoms with Crippen LogP contribution in [-0.2, 0) is 21.2 Å². The Hall–Kier alpha value is -1.56. The number of nitrogens with one attached hydrogen (secondary N) is 1. The van der Waals surface area contributed by atoms with Crippen LogP contribution < -0.4 is 9.62 Å². The van der Waals surface area contributed by atoms with E-state index in [4.69, 9.17) is 0 Å². The zero-order valence-corrected chi connectivity index (χ0v) is 21.4. The largest absolute Gasteiger partial charge is 0.357 e. The normalized spacial score (nSPS) is 13.5. The fourth-order valence-corrected chi connectivity index (χ4v) is 4.79. The third-order valence-electron chi connectivity index (χ3n) is 4.98. The molecule has 1 amide bonds. The molecule has 10 heteroatoms. The van der Waals surface area contributed by atoms with Crippen molar-refractivity contribution < 1.29 is 13.2 Å². The average molecular weight is 551 g/mol. The maximum absolute atomic E-state index is 12.8. The zero-order valence-electron chi connectivity index (χ0n) is 18.3. The van der Waals surface area contributed by atoms with Gasteiger partial charge in [-0.3, -0.25) is 14.1 Å². The molecule has 0 aromatic heterocycles. The molecule has 1 aromatic rings. The quantitative estimate of drug-likeness (QED) is 0.287. The molecule has 1 heterocycles. The molecule has 0 bridgehead atoms. The van der Waals surface area contributed by atoms with Gasteiger partial charge in [-0.25, -0.2) is 8.42 Å². The molecule has 0 saturated heterocycles. The van der Waals surface area contributed by atoms with Crippen LogP contribution in [0.4, 0.5) is 5.69 Å². The highest BCUT2D eigenvalue weighted by Crippen LogP contribution is 2.29. The predicted molar refractivity (Wildman–Crippen MR) is 133 cm³/mol. The first-order chi connectivity index (χ1) is 13.8. The van der Waals surface area contributed by atoms with Gasteiger partial charge in [-0.15, -0.1) is 24.0 Å². The van der Waals surface area contributed by atoms with Gasteiger partial charge in [0.05, 0.1) is 24.5 Å². The maximum atomic E-state index is 12.8. The van der Waals surface area contributed by atoms with E-state index < -0.39 is 10.0 Å². The van der Waals surface area contributed by atoms with Crippen LogP contribution in [0.15, 0.2) is 29.3 Å². The molecule has 1 N–H and O–H groups in total. The van der Waals surface area contributed by atoms with E-state index >= 15 is 0 Å². The first-order valence-electron chi connectivity index (χ1n) is 10.2. The number of nitrogens with zero attached hydrogens (tertiary/aromatic N) is 4. The number of carbonyl (C=O) groups is 1. The van der Waals surface area contributed by atoms with Crippen molar-refractivity contribution in [3.8, 4) is 0 Å². The van der Waals surface area contributed by atoms with E-state index in [-0.39, 0.29) is 48.7 Å². The summed E-state index contributed by atoms with van der Waals surface area (Å²) >= 11 is 0. The Morgan fingerprint density at radius 3 is 2.50 bits per heavy atom. The van der Waals surface area contributed by atoms with Crippen molar-refractivity contribution in [2.75, 3.05) is 56.4 Å². The lowest BCUT2D eigenvalue weighted by atomic mass is 10.2. The Morgan fingerprint density at radius 2 is 1.87 bits per heavy atom. The molecular formula is C20H34IN5O3S. The summed E-state index contributed by atoms with van der Waals surface area (Å²) in [5.41, 5.74) is 1.83. The van der Waals surface area contributed by atoms with Gasteiger partial charge in [0.15, 0.2) is 5.96 Å². The van der Waals surface area contributed by atoms with Crippen molar-refractivity contribution in [3.63, 3.8) is 0 Å². The molecule has 0 saturated carbocycles. The van der Waals surface area contributed by atoms with Gasteiger partial charge in [0.25, 0.3) is 0 Å². The number of rotatable bonds is 9. The van der Waals surface area contributed by atoms with E-state index in [0.29, 0.717) is 32.1 Å². The van der Waals surface area contributed by atoms with Gasteiger partial charge in [-0.2, -0.15) is 0 Å². The van der Waals surface area contributed by atoms with Gasteiger partial charge < -0.3 is 15.1 Å². The lowest BCUT2D eigenvalue weighted by molar-refractivity contribution is -0.131. The molecule has 0 atom stereocenters. The van der Waals surface area contributed by atoms with E-state index in [9.17, 15) is 13.2 Å². The summed E-state index contributed by atoms with van der Waals surface area (Å²) in [6, 6.07) is 7.60. The summed E-state index contributed by atoms with van der Waals surface area (Å²) in [7, 11) is -1.66. The predicted octanol–water partition coefficient (Wildman–Crippen LogP) is 1.76. The number of anilines is 1. The van der Waals surface area contributed by atoms with Gasteiger partial charge in [-0.05, 0) is 38.8 Å². The molecule has 170 valence electrons. The minimum absolute atomic E-state index is 0. The van der Waals surface area contributed by atoms with Crippen LogP contribution in [0.3, 0.4) is 0 Å². The lowest BCUT2D eigenvalue weighted by Gasteiger charge is -2.25. The molecule has 1 aliphatic rings. The number of halogens is 1. The van der Waals surface area contributed by atoms with Crippen LogP contribution in [0.25, 0.3) is 0 Å². The zero-order chi connectivity index (χ0) is 21.4. The van der Waals surface area contributed by atoms with Gasteiger partial charge in [0, 0.05) is 33.2 Å². The lowest BCUT2D eigenvalue weighted by Crippen LogP contribution is -2.46. The van der Waals surface area contributed by atoms with Crippen molar-refractivity contribution >= 4 is 51.6 Å². The number of hydrogen-bond acceptors (Lipinski definition) is 4. The molecule has 1 aromatic carbocycles. The van der Waals surface area contributed by atoms with E-state index in [0.717, 1.165) is 17.7 Å². The second kappa shape index (κ2) is 12.3. The molecule has 2 rings (SSSR count). The number of benzene rings is 1. The number of guanidine groups is 1. The maximum Gasteiger partial charge on any atom is 0.242 e. The average Bonchev–Trinajstić information content (AvgIpc) is 3.13. The Balaban J connectivity index is 0.00000450. The second-order valence-corrected chi connectivity index (χ2v) is 8.94. The van der Waals surface area contributed by atoms with Crippen molar-refractivity contribution in [2.24, 2.45) is 4.99 Å². The van der Waals surface area contributed by atoms with Crippen LogP contribution >= 0.6 is 24.0 Å². The first-order valence-corrected chi connectivity index (χ1v) is 11.8. The van der Waals surface area contributed by atoms with Gasteiger partial charge in [0.1, 0.15) is 0 Å². The van der Waals surface area contributed by atoms with Crippen LogP contribution in [0, 0.1) is 0 Å². The number of aliphatic imine (C=N–C) groups is 1. The van der Waals surface area contributed by atoms with Gasteiger partial charge in [-0.1, -0.05) is 18.2 Å². The number of amides is 1. The highest BCUT2D eigenvalue weighted by molar-refractivity contribution is 14.0. The number of para-hydroxylation sites is 1. The summed E-state index contributed by atoms with van der Waals surface area (Å²) in [6.45, 7) is 8.59. The first kappa shape index (κ1) is 26.5. The summed E-state index contributed by atoms with van der Waals surface area (Å²) in [5.74, 6) is 0.475. The smallest absolute Gasteiger partial charge is 0.242 e. The highest BCUT2D eigenvalue weighted by Gasteiger charge is 2.28. The fourth-order valence-electron chi connectivity index (χ4n) is 3.40. The molecule has 0 unspecified atom stereocenters. The molecule has 30 heavy (non-hydrogen) atoms. The standard InChI is InChI=1S/C20H33N5O3S.HI/c1-5-21-20(23(4)16-19(26)24(6-2)7-3)22-13-15-29(27,28)25-14-12-17-10-8-9-11-18(17)25;/h8-11H,5-7,12-16H2,1-4H3,(H,21,22);1H. The van der Waals surface area contributed by atoms with E-state index in [1.54, 1.807) is 16.8 Å². The molecule has 0 aliphatic carbocycles. The van der Waals surface area contributed by atoms with E-state index in [1.807, 2.05) is 45.0 Å². The second-order valence-electron chi connectivity index (χ2n) is 6.92. The number of hydrogen-bond donors (Lipinski definition) is 1. The van der Waals surface area contributed by atoms with Crippen molar-refractivity contribution in [2.45, 2.75) is 27.2 Å². The SMILES string of the molecule is CCNC(=NCCS(=O)(=O)N1CCc2ccccc21)N(C)CC(=O)N(CC)CC.I. The molecular weight excluding hydrogens is 517 g/mol. The van der Waals surface area contributed by atoms with Crippen LogP contribution in [-0.4, -0.2) is 82.2 Å². The summed E-state index contributed by atoms with van der Waals surface area (Å²) in [4.78, 5) is 20.3. The molecule has 0 radical (unpaired) electrons. The molecule has 0 spiro atoms. The van der Waals surface area contributed by atoms with Crippen molar-refractivity contribution in [1.29, 1.82) is 0 Å². The van der Waals surface area contributed by atoms with E-state index in [1.165, 1.54) is 4.31 Å². The van der Waals surface area contributed by atoms with Gasteiger partial charge in [0.2, 0.25) is 15.9 Å². The third-order valence-corrected chi connectivity index (χ3v) is 6.73. The minimum atomic E-state index is -3.45. The highest BCUT2D eigenvalue weighted by atomic mass is 127. The molecule has 8 nitrogen and oxygen atoms in total. The Labute approximate surface area is 197 Å². The van der Waals surface area contributed by atoms with Crippen LogP contribution in [0.5, 0.6) is 0 Å². The Morgan fingerprint density at radius 1 is 1.20 bits per heavy atom. The topological polar surface area (TPSA) is 85.3 Å². The van der Waals surface area contributed by atoms with Gasteiger partial charge >= 0.3 is 0 Å². The van der Waals surface area contributed by atoms with Crippen LogP contribution in [0.1, 0.15) is 26.3 Å². The Kier molecular flexibility index (Phi) is 10.9. The monoisotopic (exact) mass is 551 g/mol. The summed E-state index contributed by atoms with van der Waals surface area (Å²) in [5, 5.41) is 3.13. The van der Waals surface area contributed by atoms with Crippen LogP contribution in [0.2, 0.25) is 0 Å². The number of fused-ring (bicyclic) bond motifs is 1. The van der Waals surface area contributed by atoms with E-state index in [2.05, 4.69) is 10.3 Å². The molecule has 1 aliphatic heterocycles. The number of sulfonamides is 1. The number of carbonyl (C=O) groups excluding carboxylic acids is 1. The summed E-state index contributed by atoms with van der Waals surface area (Å²) in [6.07, 6.45) is 0.734.